The predicted molar refractivity (Wildman–Crippen MR) is 84.3 cm³/mol. The van der Waals surface area contributed by atoms with Gasteiger partial charge >= 0.3 is 5.97 Å². The molecule has 0 saturated carbocycles. The molecule has 0 saturated heterocycles. The van der Waals surface area contributed by atoms with Crippen molar-refractivity contribution in [2.24, 2.45) is 0 Å². The van der Waals surface area contributed by atoms with Gasteiger partial charge in [-0.2, -0.15) is 0 Å². The molecule has 1 heterocycles. The maximum atomic E-state index is 11.2. The molecule has 21 heavy (non-hydrogen) atoms. The smallest absolute Gasteiger partial charge is 0.336 e. The summed E-state index contributed by atoms with van der Waals surface area (Å²) < 4.78 is 6.74. The minimum atomic E-state index is -0.899. The zero-order valence-electron chi connectivity index (χ0n) is 11.5. The van der Waals surface area contributed by atoms with E-state index in [4.69, 9.17) is 4.74 Å². The van der Waals surface area contributed by atoms with Crippen molar-refractivity contribution < 1.29 is 14.6 Å². The van der Waals surface area contributed by atoms with E-state index in [2.05, 4.69) is 0 Å². The molecular formula is C17H14O3S. The highest BCUT2D eigenvalue weighted by molar-refractivity contribution is 7.19. The molecule has 106 valence electrons. The Hall–Kier alpha value is -2.33. The van der Waals surface area contributed by atoms with Crippen molar-refractivity contribution in [3.63, 3.8) is 0 Å². The number of fused-ring (bicyclic) bond motifs is 1. The van der Waals surface area contributed by atoms with E-state index in [1.165, 1.54) is 0 Å². The fraction of sp³-hybridized carbons (Fsp3) is 0.118. The van der Waals surface area contributed by atoms with E-state index in [0.29, 0.717) is 12.2 Å². The number of hydrogen-bond donors (Lipinski definition) is 1. The molecule has 0 fully saturated rings. The van der Waals surface area contributed by atoms with Gasteiger partial charge in [0.15, 0.2) is 0 Å². The van der Waals surface area contributed by atoms with E-state index in [1.807, 2.05) is 43.3 Å². The third-order valence-corrected chi connectivity index (χ3v) is 4.29. The molecular weight excluding hydrogens is 284 g/mol. The molecule has 0 aliphatic heterocycles. The number of thiophene rings is 1. The molecule has 0 radical (unpaired) electrons. The summed E-state index contributed by atoms with van der Waals surface area (Å²) in [4.78, 5) is 12.2. The van der Waals surface area contributed by atoms with Crippen LogP contribution in [0.25, 0.3) is 10.1 Å². The van der Waals surface area contributed by atoms with Crippen LogP contribution in [0, 0.1) is 6.92 Å². The molecule has 0 atom stereocenters. The summed E-state index contributed by atoms with van der Waals surface area (Å²) in [6.07, 6.45) is 0. The lowest BCUT2D eigenvalue weighted by molar-refractivity contribution is 0.0699. The van der Waals surface area contributed by atoms with Crippen molar-refractivity contribution in [3.8, 4) is 5.75 Å². The third kappa shape index (κ3) is 2.90. The lowest BCUT2D eigenvalue weighted by atomic mass is 10.1. The maximum absolute atomic E-state index is 11.2. The first-order valence-corrected chi connectivity index (χ1v) is 7.39. The molecule has 3 aromatic rings. The standard InChI is InChI=1S/C17H14O3S/c1-11-4-2-5-12(8-11)20-10-13-9-15-14(17(18)19)6-3-7-16(15)21-13/h2-9H,10H2,1H3,(H,18,19). The van der Waals surface area contributed by atoms with Crippen molar-refractivity contribution in [3.05, 3.63) is 64.5 Å². The van der Waals surface area contributed by atoms with Crippen molar-refractivity contribution in [2.45, 2.75) is 13.5 Å². The summed E-state index contributed by atoms with van der Waals surface area (Å²) in [5, 5.41) is 9.98. The summed E-state index contributed by atoms with van der Waals surface area (Å²) >= 11 is 1.56. The molecule has 1 aromatic heterocycles. The van der Waals surface area contributed by atoms with Gasteiger partial charge in [0.25, 0.3) is 0 Å². The molecule has 3 rings (SSSR count). The second-order valence-electron chi connectivity index (χ2n) is 4.84. The lowest BCUT2D eigenvalue weighted by Crippen LogP contribution is -1.95. The highest BCUT2D eigenvalue weighted by Crippen LogP contribution is 2.29. The van der Waals surface area contributed by atoms with Gasteiger partial charge in [0, 0.05) is 15.0 Å². The monoisotopic (exact) mass is 298 g/mol. The summed E-state index contributed by atoms with van der Waals surface area (Å²) in [7, 11) is 0. The van der Waals surface area contributed by atoms with E-state index in [0.717, 1.165) is 26.3 Å². The number of aromatic carboxylic acids is 1. The Kier molecular flexibility index (Phi) is 3.62. The quantitative estimate of drug-likeness (QED) is 0.772. The van der Waals surface area contributed by atoms with Crippen LogP contribution in [-0.2, 0) is 6.61 Å². The summed E-state index contributed by atoms with van der Waals surface area (Å²) in [5.41, 5.74) is 1.49. The number of hydrogen-bond acceptors (Lipinski definition) is 3. The fourth-order valence-electron chi connectivity index (χ4n) is 2.23. The minimum Gasteiger partial charge on any atom is -0.488 e. The summed E-state index contributed by atoms with van der Waals surface area (Å²) in [5.74, 6) is -0.0736. The van der Waals surface area contributed by atoms with Crippen LogP contribution in [0.1, 0.15) is 20.8 Å². The first-order chi connectivity index (χ1) is 10.1. The molecule has 1 N–H and O–H groups in total. The van der Waals surface area contributed by atoms with Crippen LogP contribution in [0.15, 0.2) is 48.5 Å². The van der Waals surface area contributed by atoms with Gasteiger partial charge in [0.05, 0.1) is 5.56 Å². The van der Waals surface area contributed by atoms with Crippen molar-refractivity contribution in [2.75, 3.05) is 0 Å². The first-order valence-electron chi connectivity index (χ1n) is 6.58. The van der Waals surface area contributed by atoms with Crippen LogP contribution in [0.4, 0.5) is 0 Å². The zero-order valence-corrected chi connectivity index (χ0v) is 12.3. The summed E-state index contributed by atoms with van der Waals surface area (Å²) in [6.45, 7) is 2.47. The van der Waals surface area contributed by atoms with Crippen LogP contribution in [0.5, 0.6) is 5.75 Å². The Morgan fingerprint density at radius 2 is 2.00 bits per heavy atom. The number of carboxylic acid groups (broad SMARTS) is 1. The van der Waals surface area contributed by atoms with E-state index in [1.54, 1.807) is 23.5 Å². The minimum absolute atomic E-state index is 0.338. The topological polar surface area (TPSA) is 46.5 Å². The van der Waals surface area contributed by atoms with Gasteiger partial charge in [-0.3, -0.25) is 0 Å². The van der Waals surface area contributed by atoms with Crippen molar-refractivity contribution in [1.82, 2.24) is 0 Å². The van der Waals surface area contributed by atoms with E-state index >= 15 is 0 Å². The number of ether oxygens (including phenoxy) is 1. The van der Waals surface area contributed by atoms with Gasteiger partial charge in [-0.1, -0.05) is 18.2 Å². The van der Waals surface area contributed by atoms with Crippen LogP contribution in [0.2, 0.25) is 0 Å². The normalized spacial score (nSPS) is 10.7. The second-order valence-corrected chi connectivity index (χ2v) is 6.01. The number of rotatable bonds is 4. The molecule has 4 heteroatoms. The average molecular weight is 298 g/mol. The third-order valence-electron chi connectivity index (χ3n) is 3.21. The highest BCUT2D eigenvalue weighted by atomic mass is 32.1. The molecule has 0 bridgehead atoms. The Balaban J connectivity index is 1.85. The van der Waals surface area contributed by atoms with Gasteiger partial charge in [0.1, 0.15) is 12.4 Å². The Bertz CT molecular complexity index is 805. The van der Waals surface area contributed by atoms with Crippen molar-refractivity contribution >= 4 is 27.4 Å². The maximum Gasteiger partial charge on any atom is 0.336 e. The molecule has 0 amide bonds. The van der Waals surface area contributed by atoms with Gasteiger partial charge in [-0.25, -0.2) is 4.79 Å². The number of benzene rings is 2. The predicted octanol–water partition coefficient (Wildman–Crippen LogP) is 4.49. The molecule has 0 aliphatic rings. The van der Waals surface area contributed by atoms with Crippen LogP contribution < -0.4 is 4.74 Å². The number of aryl methyl sites for hydroxylation is 1. The van der Waals surface area contributed by atoms with E-state index in [-0.39, 0.29) is 0 Å². The van der Waals surface area contributed by atoms with Crippen LogP contribution in [-0.4, -0.2) is 11.1 Å². The molecule has 0 aliphatic carbocycles. The van der Waals surface area contributed by atoms with Gasteiger partial charge < -0.3 is 9.84 Å². The Labute approximate surface area is 126 Å². The molecule has 0 spiro atoms. The van der Waals surface area contributed by atoms with Gasteiger partial charge in [-0.05, 0) is 42.8 Å². The zero-order chi connectivity index (χ0) is 14.8. The van der Waals surface area contributed by atoms with Gasteiger partial charge in [-0.15, -0.1) is 11.3 Å². The fourth-order valence-corrected chi connectivity index (χ4v) is 3.23. The van der Waals surface area contributed by atoms with Gasteiger partial charge in [0.2, 0.25) is 0 Å². The largest absolute Gasteiger partial charge is 0.488 e. The Morgan fingerprint density at radius 3 is 2.76 bits per heavy atom. The van der Waals surface area contributed by atoms with Crippen LogP contribution >= 0.6 is 11.3 Å². The average Bonchev–Trinajstić information content (AvgIpc) is 2.87. The first kappa shape index (κ1) is 13.6. The Morgan fingerprint density at radius 1 is 1.19 bits per heavy atom. The van der Waals surface area contributed by atoms with E-state index < -0.39 is 5.97 Å². The molecule has 0 unspecified atom stereocenters. The molecule has 3 nitrogen and oxygen atoms in total. The number of carbonyl (C=O) groups is 1. The van der Waals surface area contributed by atoms with Crippen molar-refractivity contribution in [1.29, 1.82) is 0 Å². The van der Waals surface area contributed by atoms with E-state index in [9.17, 15) is 9.90 Å². The van der Waals surface area contributed by atoms with Crippen LogP contribution in [0.3, 0.4) is 0 Å². The summed E-state index contributed by atoms with van der Waals surface area (Å²) in [6, 6.07) is 15.1. The SMILES string of the molecule is Cc1cccc(OCc2cc3c(C(=O)O)cccc3s2)c1. The lowest BCUT2D eigenvalue weighted by Gasteiger charge is -2.04. The number of carboxylic acids is 1. The molecule has 2 aromatic carbocycles. The highest BCUT2D eigenvalue weighted by Gasteiger charge is 2.11. The second kappa shape index (κ2) is 5.58.